The largest absolute Gasteiger partial charge is 0.335 e. The van der Waals surface area contributed by atoms with E-state index in [4.69, 9.17) is 0 Å². The molecule has 0 N–H and O–H groups in total. The molecule has 0 spiro atoms. The van der Waals surface area contributed by atoms with Gasteiger partial charge in [-0.05, 0) is 40.0 Å². The summed E-state index contributed by atoms with van der Waals surface area (Å²) in [6, 6.07) is 0. The first-order chi connectivity index (χ1) is 6.86. The Kier molecular flexibility index (Phi) is 3.63. The molecule has 1 rings (SSSR count). The van der Waals surface area contributed by atoms with E-state index in [1.165, 1.54) is 6.42 Å². The van der Waals surface area contributed by atoms with Crippen molar-refractivity contribution in [1.29, 1.82) is 0 Å². The molecule has 0 aromatic carbocycles. The van der Waals surface area contributed by atoms with Crippen LogP contribution in [0, 0.1) is 5.92 Å². The summed E-state index contributed by atoms with van der Waals surface area (Å²) < 4.78 is 0. The number of hydrogen-bond donors (Lipinski definition) is 0. The fraction of sp³-hybridized carbons (Fsp3) is 0.917. The van der Waals surface area contributed by atoms with E-state index in [2.05, 4.69) is 56.6 Å². The highest BCUT2D eigenvalue weighted by molar-refractivity contribution is 5.58. The van der Waals surface area contributed by atoms with Crippen LogP contribution >= 0.6 is 0 Å². The molecule has 1 unspecified atom stereocenters. The van der Waals surface area contributed by atoms with Gasteiger partial charge in [0.25, 0.3) is 0 Å². The zero-order valence-corrected chi connectivity index (χ0v) is 11.0. The van der Waals surface area contributed by atoms with Crippen LogP contribution in [0.15, 0.2) is 5.10 Å². The first kappa shape index (κ1) is 12.3. The van der Waals surface area contributed by atoms with Crippen LogP contribution in [0.3, 0.4) is 0 Å². The highest BCUT2D eigenvalue weighted by Crippen LogP contribution is 2.26. The van der Waals surface area contributed by atoms with Crippen LogP contribution in [0.4, 0.5) is 0 Å². The second kappa shape index (κ2) is 4.42. The quantitative estimate of drug-likeness (QED) is 0.715. The maximum absolute atomic E-state index is 4.47. The molecule has 3 heteroatoms. The maximum Gasteiger partial charge on any atom is 0.119 e. The average molecular weight is 211 g/mol. The molecule has 0 fully saturated rings. The second-order valence-electron chi connectivity index (χ2n) is 5.67. The van der Waals surface area contributed by atoms with Crippen LogP contribution in [0.1, 0.15) is 48.0 Å². The Morgan fingerprint density at radius 2 is 1.93 bits per heavy atom. The summed E-state index contributed by atoms with van der Waals surface area (Å²) in [5, 5.41) is 6.66. The number of rotatable bonds is 3. The molecule has 0 aliphatic carbocycles. The number of hydrogen-bond acceptors (Lipinski definition) is 3. The van der Waals surface area contributed by atoms with E-state index in [0.29, 0.717) is 12.1 Å². The topological polar surface area (TPSA) is 18.8 Å². The minimum atomic E-state index is 0.160. The van der Waals surface area contributed by atoms with Crippen molar-refractivity contribution < 1.29 is 0 Å². The molecule has 1 aliphatic rings. The molecule has 0 aromatic heterocycles. The summed E-state index contributed by atoms with van der Waals surface area (Å²) in [4.78, 5) is 2.37. The van der Waals surface area contributed by atoms with Gasteiger partial charge in [0.15, 0.2) is 0 Å². The highest BCUT2D eigenvalue weighted by Gasteiger charge is 2.34. The smallest absolute Gasteiger partial charge is 0.119 e. The third-order valence-electron chi connectivity index (χ3n) is 2.77. The molecule has 1 heterocycles. The second-order valence-corrected chi connectivity index (χ2v) is 5.67. The minimum Gasteiger partial charge on any atom is -0.335 e. The summed E-state index contributed by atoms with van der Waals surface area (Å²) in [5.74, 6) is 0.704. The highest BCUT2D eigenvalue weighted by atomic mass is 15.6. The zero-order chi connectivity index (χ0) is 11.6. The first-order valence-electron chi connectivity index (χ1n) is 5.95. The molecule has 1 atom stereocenters. The molecule has 0 saturated heterocycles. The Hall–Kier alpha value is -0.730. The van der Waals surface area contributed by atoms with Crippen LogP contribution in [0.5, 0.6) is 0 Å². The summed E-state index contributed by atoms with van der Waals surface area (Å²) in [6.07, 6.45) is 3.61. The zero-order valence-electron chi connectivity index (χ0n) is 11.0. The number of hydrazone groups is 1. The summed E-state index contributed by atoms with van der Waals surface area (Å²) >= 11 is 0. The molecule has 0 radical (unpaired) electrons. The summed E-state index contributed by atoms with van der Waals surface area (Å²) in [7, 11) is 0. The van der Waals surface area contributed by atoms with Gasteiger partial charge in [0.05, 0.1) is 0 Å². The molecule has 88 valence electrons. The van der Waals surface area contributed by atoms with E-state index in [0.717, 1.165) is 6.54 Å². The lowest BCUT2D eigenvalue weighted by Crippen LogP contribution is -2.49. The Morgan fingerprint density at radius 1 is 1.33 bits per heavy atom. The van der Waals surface area contributed by atoms with Crippen molar-refractivity contribution in [3.63, 3.8) is 0 Å². The molecule has 3 nitrogen and oxygen atoms in total. The lowest BCUT2D eigenvalue weighted by Gasteiger charge is -2.39. The van der Waals surface area contributed by atoms with Crippen molar-refractivity contribution in [3.8, 4) is 0 Å². The van der Waals surface area contributed by atoms with Gasteiger partial charge in [-0.25, -0.2) is 0 Å². The molecule has 0 bridgehead atoms. The van der Waals surface area contributed by atoms with Gasteiger partial charge >= 0.3 is 0 Å². The van der Waals surface area contributed by atoms with E-state index in [9.17, 15) is 0 Å². The average Bonchev–Trinajstić information content (AvgIpc) is 2.45. The summed E-state index contributed by atoms with van der Waals surface area (Å²) in [6.45, 7) is 14.4. The van der Waals surface area contributed by atoms with Crippen LogP contribution in [-0.2, 0) is 0 Å². The predicted molar refractivity (Wildman–Crippen MR) is 65.7 cm³/mol. The van der Waals surface area contributed by atoms with Crippen LogP contribution in [0.2, 0.25) is 0 Å². The van der Waals surface area contributed by atoms with Crippen LogP contribution < -0.4 is 0 Å². The van der Waals surface area contributed by atoms with Gasteiger partial charge < -0.3 is 4.90 Å². The molecule has 0 amide bonds. The predicted octanol–water partition coefficient (Wildman–Crippen LogP) is 2.74. The Morgan fingerprint density at radius 3 is 2.33 bits per heavy atom. The van der Waals surface area contributed by atoms with E-state index in [-0.39, 0.29) is 5.54 Å². The molecule has 1 aliphatic heterocycles. The van der Waals surface area contributed by atoms with E-state index < -0.39 is 0 Å². The van der Waals surface area contributed by atoms with Gasteiger partial charge in [-0.1, -0.05) is 13.8 Å². The third kappa shape index (κ3) is 2.86. The Bertz CT molecular complexity index is 228. The van der Waals surface area contributed by atoms with Crippen molar-refractivity contribution in [2.24, 2.45) is 11.0 Å². The van der Waals surface area contributed by atoms with Crippen molar-refractivity contribution in [3.05, 3.63) is 0 Å². The van der Waals surface area contributed by atoms with E-state index in [1.54, 1.807) is 0 Å². The molecule has 0 aromatic rings. The van der Waals surface area contributed by atoms with Gasteiger partial charge in [-0.2, -0.15) is 5.10 Å². The molecule has 0 saturated carbocycles. The van der Waals surface area contributed by atoms with Crippen molar-refractivity contribution in [1.82, 2.24) is 9.91 Å². The van der Waals surface area contributed by atoms with Gasteiger partial charge in [0, 0.05) is 12.1 Å². The fourth-order valence-electron chi connectivity index (χ4n) is 1.99. The van der Waals surface area contributed by atoms with Crippen molar-refractivity contribution in [2.75, 3.05) is 6.54 Å². The first-order valence-corrected chi connectivity index (χ1v) is 5.95. The van der Waals surface area contributed by atoms with E-state index in [1.807, 2.05) is 6.34 Å². The van der Waals surface area contributed by atoms with Gasteiger partial charge in [-0.15, -0.1) is 0 Å². The Labute approximate surface area is 94.1 Å². The normalized spacial score (nSPS) is 21.9. The summed E-state index contributed by atoms with van der Waals surface area (Å²) in [5.41, 5.74) is 0.160. The maximum atomic E-state index is 4.47. The standard InChI is InChI=1S/C12H25N3/c1-7-15-11(8-10(2)3)14(9-13-15)12(4,5)6/h9-11H,7-8H2,1-6H3. The SMILES string of the molecule is CCN1N=CN(C(C)(C)C)C1CC(C)C. The van der Waals surface area contributed by atoms with Crippen molar-refractivity contribution >= 4 is 6.34 Å². The van der Waals surface area contributed by atoms with Gasteiger partial charge in [0.2, 0.25) is 0 Å². The van der Waals surface area contributed by atoms with Crippen LogP contribution in [-0.4, -0.2) is 34.5 Å². The third-order valence-corrected chi connectivity index (χ3v) is 2.77. The molecular weight excluding hydrogens is 186 g/mol. The van der Waals surface area contributed by atoms with E-state index >= 15 is 0 Å². The van der Waals surface area contributed by atoms with Gasteiger partial charge in [-0.3, -0.25) is 5.01 Å². The van der Waals surface area contributed by atoms with Gasteiger partial charge in [0.1, 0.15) is 12.5 Å². The molecular formula is C12H25N3. The molecule has 15 heavy (non-hydrogen) atoms. The lowest BCUT2D eigenvalue weighted by molar-refractivity contribution is 0.0636. The van der Waals surface area contributed by atoms with Crippen LogP contribution in [0.25, 0.3) is 0 Å². The monoisotopic (exact) mass is 211 g/mol. The Balaban J connectivity index is 2.76. The minimum absolute atomic E-state index is 0.160. The lowest BCUT2D eigenvalue weighted by atomic mass is 10.0. The fourth-order valence-corrected chi connectivity index (χ4v) is 1.99. The van der Waals surface area contributed by atoms with Crippen molar-refractivity contribution in [2.45, 2.75) is 59.7 Å². The number of nitrogens with zero attached hydrogens (tertiary/aromatic N) is 3.